The molecule has 1 aromatic heterocycles. The molecule has 0 amide bonds. The summed E-state index contributed by atoms with van der Waals surface area (Å²) in [6.45, 7) is 0.570. The first-order valence-corrected chi connectivity index (χ1v) is 6.29. The van der Waals surface area contributed by atoms with E-state index in [0.29, 0.717) is 30.2 Å². The molecule has 6 nitrogen and oxygen atoms in total. The fourth-order valence-electron chi connectivity index (χ4n) is 1.73. The lowest BCUT2D eigenvalue weighted by Crippen LogP contribution is -2.04. The summed E-state index contributed by atoms with van der Waals surface area (Å²) in [4.78, 5) is 10.4. The summed E-state index contributed by atoms with van der Waals surface area (Å²) in [6, 6.07) is 7.33. The minimum Gasteiger partial charge on any atom is -0.481 e. The predicted octanol–water partition coefficient (Wildman–Crippen LogP) is 2.25. The number of hydrogen-bond acceptors (Lipinski definition) is 4. The molecule has 0 aliphatic carbocycles. The van der Waals surface area contributed by atoms with E-state index in [1.807, 2.05) is 18.2 Å². The van der Waals surface area contributed by atoms with Crippen LogP contribution in [0.2, 0.25) is 5.02 Å². The van der Waals surface area contributed by atoms with Gasteiger partial charge in [0.2, 0.25) is 0 Å². The molecule has 0 fully saturated rings. The maximum atomic E-state index is 10.4. The number of halogens is 1. The molecule has 0 aliphatic heterocycles. The maximum absolute atomic E-state index is 10.4. The average Bonchev–Trinajstić information content (AvgIpc) is 2.83. The molecule has 0 spiro atoms. The number of aliphatic carboxylic acids is 1. The minimum absolute atomic E-state index is 0.156. The Kier molecular flexibility index (Phi) is 4.46. The zero-order chi connectivity index (χ0) is 13.7. The van der Waals surface area contributed by atoms with E-state index in [9.17, 15) is 4.79 Å². The summed E-state index contributed by atoms with van der Waals surface area (Å²) in [6.07, 6.45) is 1.45. The van der Waals surface area contributed by atoms with Crippen molar-refractivity contribution in [1.29, 1.82) is 0 Å². The number of tetrazole rings is 1. The van der Waals surface area contributed by atoms with Gasteiger partial charge in [-0.1, -0.05) is 23.7 Å². The molecule has 0 radical (unpaired) electrons. The Morgan fingerprint density at radius 2 is 2.11 bits per heavy atom. The first-order chi connectivity index (χ1) is 9.18. The summed E-state index contributed by atoms with van der Waals surface area (Å²) in [5, 5.41) is 20.7. The summed E-state index contributed by atoms with van der Waals surface area (Å²) in [5.41, 5.74) is 0.771. The molecule has 0 aliphatic rings. The van der Waals surface area contributed by atoms with Gasteiger partial charge in [-0.3, -0.25) is 4.79 Å². The fourth-order valence-corrected chi connectivity index (χ4v) is 1.95. The highest BCUT2D eigenvalue weighted by atomic mass is 35.5. The van der Waals surface area contributed by atoms with E-state index >= 15 is 0 Å². The summed E-state index contributed by atoms with van der Waals surface area (Å²) in [5.74, 6) is -0.191. The molecule has 7 heteroatoms. The number of rotatable bonds is 6. The first-order valence-electron chi connectivity index (χ1n) is 5.91. The van der Waals surface area contributed by atoms with Crippen molar-refractivity contribution in [3.8, 4) is 11.4 Å². The smallest absolute Gasteiger partial charge is 0.303 e. The number of aryl methyl sites for hydroxylation is 1. The standard InChI is InChI=1S/C12H13ClN4O2/c13-10-6-2-1-5-9(10)12-14-15-16-17(12)8-4-3-7-11(18)19/h1-2,5-6H,3-4,7-8H2,(H,18,19). The van der Waals surface area contributed by atoms with Crippen LogP contribution >= 0.6 is 11.6 Å². The zero-order valence-corrected chi connectivity index (χ0v) is 10.9. The van der Waals surface area contributed by atoms with E-state index in [1.54, 1.807) is 10.7 Å². The van der Waals surface area contributed by atoms with Crippen LogP contribution in [0, 0.1) is 0 Å². The van der Waals surface area contributed by atoms with Gasteiger partial charge in [0.25, 0.3) is 0 Å². The summed E-state index contributed by atoms with van der Waals surface area (Å²) >= 11 is 6.10. The van der Waals surface area contributed by atoms with Gasteiger partial charge in [-0.15, -0.1) is 5.10 Å². The van der Waals surface area contributed by atoms with Crippen LogP contribution in [0.15, 0.2) is 24.3 Å². The summed E-state index contributed by atoms with van der Waals surface area (Å²) in [7, 11) is 0. The Hall–Kier alpha value is -1.95. The first kappa shape index (κ1) is 13.5. The second kappa shape index (κ2) is 6.29. The third kappa shape index (κ3) is 3.51. The number of unbranched alkanes of at least 4 members (excludes halogenated alkanes) is 1. The normalized spacial score (nSPS) is 10.6. The van der Waals surface area contributed by atoms with Gasteiger partial charge in [-0.2, -0.15) is 0 Å². The highest BCUT2D eigenvalue weighted by molar-refractivity contribution is 6.33. The van der Waals surface area contributed by atoms with Crippen LogP contribution in [0.3, 0.4) is 0 Å². The van der Waals surface area contributed by atoms with Gasteiger partial charge >= 0.3 is 5.97 Å². The van der Waals surface area contributed by atoms with Crippen molar-refractivity contribution in [1.82, 2.24) is 20.2 Å². The van der Waals surface area contributed by atoms with Crippen molar-refractivity contribution in [2.45, 2.75) is 25.8 Å². The van der Waals surface area contributed by atoms with E-state index in [-0.39, 0.29) is 6.42 Å². The van der Waals surface area contributed by atoms with E-state index in [0.717, 1.165) is 5.56 Å². The maximum Gasteiger partial charge on any atom is 0.303 e. The van der Waals surface area contributed by atoms with Crippen molar-refractivity contribution in [2.75, 3.05) is 0 Å². The second-order valence-corrected chi connectivity index (χ2v) is 4.46. The SMILES string of the molecule is O=C(O)CCCCn1nnnc1-c1ccccc1Cl. The van der Waals surface area contributed by atoms with Crippen molar-refractivity contribution >= 4 is 17.6 Å². The van der Waals surface area contributed by atoms with Crippen LogP contribution in [0.1, 0.15) is 19.3 Å². The van der Waals surface area contributed by atoms with Crippen LogP contribution < -0.4 is 0 Å². The number of hydrogen-bond donors (Lipinski definition) is 1. The van der Waals surface area contributed by atoms with Gasteiger partial charge in [0.05, 0.1) is 5.02 Å². The Balaban J connectivity index is 2.06. The van der Waals surface area contributed by atoms with Crippen molar-refractivity contribution in [2.24, 2.45) is 0 Å². The number of carboxylic acid groups (broad SMARTS) is 1. The molecule has 1 heterocycles. The molecule has 0 bridgehead atoms. The largest absolute Gasteiger partial charge is 0.481 e. The van der Waals surface area contributed by atoms with Gasteiger partial charge in [0, 0.05) is 18.5 Å². The topological polar surface area (TPSA) is 80.9 Å². The average molecular weight is 281 g/mol. The van der Waals surface area contributed by atoms with E-state index in [1.165, 1.54) is 0 Å². The molecular formula is C12H13ClN4O2. The van der Waals surface area contributed by atoms with Gasteiger partial charge in [0.1, 0.15) is 0 Å². The molecule has 2 aromatic rings. The lowest BCUT2D eigenvalue weighted by atomic mass is 10.2. The molecular weight excluding hydrogens is 268 g/mol. The Labute approximate surface area is 115 Å². The molecule has 0 saturated heterocycles. The van der Waals surface area contributed by atoms with Gasteiger partial charge in [0.15, 0.2) is 5.82 Å². The molecule has 0 unspecified atom stereocenters. The lowest BCUT2D eigenvalue weighted by molar-refractivity contribution is -0.137. The van der Waals surface area contributed by atoms with Crippen LogP contribution in [0.5, 0.6) is 0 Å². The Bertz CT molecular complexity index is 570. The summed E-state index contributed by atoms with van der Waals surface area (Å²) < 4.78 is 1.64. The molecule has 0 atom stereocenters. The molecule has 1 N–H and O–H groups in total. The van der Waals surface area contributed by atoms with Crippen LogP contribution in [0.4, 0.5) is 0 Å². The van der Waals surface area contributed by atoms with Gasteiger partial charge in [-0.25, -0.2) is 4.68 Å². The van der Waals surface area contributed by atoms with Crippen LogP contribution in [-0.2, 0) is 11.3 Å². The van der Waals surface area contributed by atoms with Crippen LogP contribution in [-0.4, -0.2) is 31.3 Å². The molecule has 2 rings (SSSR count). The zero-order valence-electron chi connectivity index (χ0n) is 10.2. The number of nitrogens with zero attached hydrogens (tertiary/aromatic N) is 4. The number of carbonyl (C=O) groups is 1. The molecule has 1 aromatic carbocycles. The predicted molar refractivity (Wildman–Crippen MR) is 69.7 cm³/mol. The second-order valence-electron chi connectivity index (χ2n) is 4.06. The quantitative estimate of drug-likeness (QED) is 0.821. The molecule has 19 heavy (non-hydrogen) atoms. The molecule has 100 valence electrons. The van der Waals surface area contributed by atoms with Crippen molar-refractivity contribution in [3.05, 3.63) is 29.3 Å². The molecule has 0 saturated carbocycles. The Morgan fingerprint density at radius 1 is 1.32 bits per heavy atom. The number of aromatic nitrogens is 4. The number of benzene rings is 1. The van der Waals surface area contributed by atoms with Crippen molar-refractivity contribution < 1.29 is 9.90 Å². The third-order valence-corrected chi connectivity index (χ3v) is 2.99. The number of carboxylic acids is 1. The minimum atomic E-state index is -0.789. The highest BCUT2D eigenvalue weighted by Gasteiger charge is 2.11. The fraction of sp³-hybridized carbons (Fsp3) is 0.333. The Morgan fingerprint density at radius 3 is 2.84 bits per heavy atom. The van der Waals surface area contributed by atoms with Gasteiger partial charge < -0.3 is 5.11 Å². The monoisotopic (exact) mass is 280 g/mol. The van der Waals surface area contributed by atoms with E-state index < -0.39 is 5.97 Å². The third-order valence-electron chi connectivity index (χ3n) is 2.66. The highest BCUT2D eigenvalue weighted by Crippen LogP contribution is 2.25. The van der Waals surface area contributed by atoms with Gasteiger partial charge in [-0.05, 0) is 35.4 Å². The van der Waals surface area contributed by atoms with Crippen LogP contribution in [0.25, 0.3) is 11.4 Å². The van der Waals surface area contributed by atoms with E-state index in [2.05, 4.69) is 15.5 Å². The van der Waals surface area contributed by atoms with E-state index in [4.69, 9.17) is 16.7 Å². The lowest BCUT2D eigenvalue weighted by Gasteiger charge is -2.05. The van der Waals surface area contributed by atoms with Crippen molar-refractivity contribution in [3.63, 3.8) is 0 Å².